The third-order valence-corrected chi connectivity index (χ3v) is 5.44. The van der Waals surface area contributed by atoms with Crippen LogP contribution in [0, 0.1) is 12.7 Å². The summed E-state index contributed by atoms with van der Waals surface area (Å²) in [5.41, 5.74) is 3.46. The molecule has 1 aromatic carbocycles. The van der Waals surface area contributed by atoms with Crippen LogP contribution in [-0.4, -0.2) is 51.4 Å². The Kier molecular flexibility index (Phi) is 5.88. The number of nitrogens with zero attached hydrogens (tertiary/aromatic N) is 6. The second kappa shape index (κ2) is 8.75. The number of halogens is 1. The summed E-state index contributed by atoms with van der Waals surface area (Å²) in [6, 6.07) is 6.04. The molecule has 1 amide bonds. The number of carbonyl (C=O) groups is 1. The first-order valence-electron chi connectivity index (χ1n) is 10.3. The fourth-order valence-corrected chi connectivity index (χ4v) is 3.82. The van der Waals surface area contributed by atoms with Crippen molar-refractivity contribution in [3.05, 3.63) is 65.8 Å². The van der Waals surface area contributed by atoms with Crippen molar-refractivity contribution in [2.75, 3.05) is 25.5 Å². The zero-order valence-corrected chi connectivity index (χ0v) is 17.9. The van der Waals surface area contributed by atoms with E-state index in [0.717, 1.165) is 41.8 Å². The molecule has 1 saturated heterocycles. The van der Waals surface area contributed by atoms with E-state index in [1.54, 1.807) is 24.5 Å². The molecule has 0 aliphatic carbocycles. The topological polar surface area (TPSA) is 75.1 Å². The monoisotopic (exact) mass is 420 g/mol. The first-order chi connectivity index (χ1) is 14.9. The SMILES string of the molecule is Cc1cnc(C(=O)N2CCCCC2c2nc(N(C)C)ncc2-c2ccc(F)cc2)cn1. The van der Waals surface area contributed by atoms with Gasteiger partial charge in [-0.1, -0.05) is 12.1 Å². The Morgan fingerprint density at radius 3 is 2.52 bits per heavy atom. The van der Waals surface area contributed by atoms with Crippen LogP contribution in [0.5, 0.6) is 0 Å². The van der Waals surface area contributed by atoms with Gasteiger partial charge in [0.05, 0.1) is 23.6 Å². The van der Waals surface area contributed by atoms with Crippen LogP contribution in [0.4, 0.5) is 10.3 Å². The van der Waals surface area contributed by atoms with Gasteiger partial charge in [-0.15, -0.1) is 0 Å². The summed E-state index contributed by atoms with van der Waals surface area (Å²) in [6.07, 6.45) is 7.56. The summed E-state index contributed by atoms with van der Waals surface area (Å²) in [7, 11) is 3.75. The van der Waals surface area contributed by atoms with Crippen molar-refractivity contribution in [3.8, 4) is 11.1 Å². The van der Waals surface area contributed by atoms with Gasteiger partial charge in [-0.25, -0.2) is 19.3 Å². The van der Waals surface area contributed by atoms with Crippen molar-refractivity contribution in [1.82, 2.24) is 24.8 Å². The van der Waals surface area contributed by atoms with Crippen LogP contribution >= 0.6 is 0 Å². The second-order valence-corrected chi connectivity index (χ2v) is 7.92. The smallest absolute Gasteiger partial charge is 0.274 e. The highest BCUT2D eigenvalue weighted by molar-refractivity contribution is 5.92. The summed E-state index contributed by atoms with van der Waals surface area (Å²) in [5.74, 6) is 0.102. The maximum absolute atomic E-state index is 13.5. The largest absolute Gasteiger partial charge is 0.347 e. The lowest BCUT2D eigenvalue weighted by atomic mass is 9.93. The van der Waals surface area contributed by atoms with E-state index in [-0.39, 0.29) is 17.8 Å². The summed E-state index contributed by atoms with van der Waals surface area (Å²) in [6.45, 7) is 2.45. The molecule has 1 aliphatic rings. The average Bonchev–Trinajstić information content (AvgIpc) is 2.79. The maximum atomic E-state index is 13.5. The fourth-order valence-electron chi connectivity index (χ4n) is 3.82. The summed E-state index contributed by atoms with van der Waals surface area (Å²) < 4.78 is 13.5. The molecule has 0 radical (unpaired) electrons. The quantitative estimate of drug-likeness (QED) is 0.639. The van der Waals surface area contributed by atoms with Crippen LogP contribution in [-0.2, 0) is 0 Å². The predicted molar refractivity (Wildman–Crippen MR) is 116 cm³/mol. The number of hydrogen-bond donors (Lipinski definition) is 0. The molecule has 0 spiro atoms. The Labute approximate surface area is 181 Å². The summed E-state index contributed by atoms with van der Waals surface area (Å²) in [5, 5.41) is 0. The van der Waals surface area contributed by atoms with E-state index in [1.807, 2.05) is 30.8 Å². The average molecular weight is 420 g/mol. The molecule has 1 unspecified atom stereocenters. The van der Waals surface area contributed by atoms with Crippen LogP contribution in [0.1, 0.15) is 47.2 Å². The normalized spacial score (nSPS) is 16.3. The van der Waals surface area contributed by atoms with Gasteiger partial charge in [0.2, 0.25) is 5.95 Å². The number of benzene rings is 1. The minimum atomic E-state index is -0.302. The molecule has 31 heavy (non-hydrogen) atoms. The molecular weight excluding hydrogens is 395 g/mol. The first-order valence-corrected chi connectivity index (χ1v) is 10.3. The van der Waals surface area contributed by atoms with Gasteiger partial charge < -0.3 is 9.80 Å². The molecule has 0 saturated carbocycles. The standard InChI is InChI=1S/C23H25FN6O/c1-15-12-26-19(14-25-15)22(31)30-11-5-4-6-20(30)21-18(13-27-23(28-21)29(2)3)16-7-9-17(24)10-8-16/h7-10,12-14,20H,4-6,11H2,1-3H3. The van der Waals surface area contributed by atoms with Crippen molar-refractivity contribution >= 4 is 11.9 Å². The number of hydrogen-bond acceptors (Lipinski definition) is 6. The molecular formula is C23H25FN6O. The van der Waals surface area contributed by atoms with Gasteiger partial charge in [0.15, 0.2) is 0 Å². The molecule has 0 N–H and O–H groups in total. The zero-order chi connectivity index (χ0) is 22.0. The van der Waals surface area contributed by atoms with E-state index in [4.69, 9.17) is 4.98 Å². The minimum absolute atomic E-state index is 0.160. The number of aromatic nitrogens is 4. The van der Waals surface area contributed by atoms with Crippen LogP contribution in [0.15, 0.2) is 42.9 Å². The lowest BCUT2D eigenvalue weighted by Gasteiger charge is -2.36. The third kappa shape index (κ3) is 4.38. The van der Waals surface area contributed by atoms with E-state index in [9.17, 15) is 9.18 Å². The van der Waals surface area contributed by atoms with Gasteiger partial charge in [-0.05, 0) is 43.9 Å². The highest BCUT2D eigenvalue weighted by Gasteiger charge is 2.32. The molecule has 2 aromatic heterocycles. The number of amides is 1. The zero-order valence-electron chi connectivity index (χ0n) is 17.9. The lowest BCUT2D eigenvalue weighted by molar-refractivity contribution is 0.0600. The highest BCUT2D eigenvalue weighted by atomic mass is 19.1. The Hall–Kier alpha value is -3.42. The number of rotatable bonds is 4. The van der Waals surface area contributed by atoms with Gasteiger partial charge in [-0.2, -0.15) is 0 Å². The van der Waals surface area contributed by atoms with Gasteiger partial charge in [0.25, 0.3) is 5.91 Å². The minimum Gasteiger partial charge on any atom is -0.347 e. The van der Waals surface area contributed by atoms with Crippen molar-refractivity contribution in [3.63, 3.8) is 0 Å². The van der Waals surface area contributed by atoms with Crippen molar-refractivity contribution in [2.24, 2.45) is 0 Å². The van der Waals surface area contributed by atoms with E-state index in [2.05, 4.69) is 15.0 Å². The van der Waals surface area contributed by atoms with Crippen LogP contribution < -0.4 is 4.90 Å². The van der Waals surface area contributed by atoms with Crippen LogP contribution in [0.25, 0.3) is 11.1 Å². The van der Waals surface area contributed by atoms with Crippen LogP contribution in [0.3, 0.4) is 0 Å². The predicted octanol–water partition coefficient (Wildman–Crippen LogP) is 3.81. The third-order valence-electron chi connectivity index (χ3n) is 5.44. The molecule has 1 atom stereocenters. The van der Waals surface area contributed by atoms with E-state index >= 15 is 0 Å². The number of likely N-dealkylation sites (tertiary alicyclic amines) is 1. The molecule has 1 aliphatic heterocycles. The Balaban J connectivity index is 1.79. The van der Waals surface area contributed by atoms with E-state index in [0.29, 0.717) is 18.2 Å². The molecule has 4 rings (SSSR count). The number of piperidine rings is 1. The molecule has 7 nitrogen and oxygen atoms in total. The first kappa shape index (κ1) is 20.8. The molecule has 160 valence electrons. The van der Waals surface area contributed by atoms with Crippen molar-refractivity contribution in [1.29, 1.82) is 0 Å². The van der Waals surface area contributed by atoms with Gasteiger partial charge in [0.1, 0.15) is 11.5 Å². The van der Waals surface area contributed by atoms with Gasteiger partial charge in [-0.3, -0.25) is 9.78 Å². The molecule has 8 heteroatoms. The fraction of sp³-hybridized carbons (Fsp3) is 0.348. The number of anilines is 1. The Morgan fingerprint density at radius 1 is 1.06 bits per heavy atom. The lowest BCUT2D eigenvalue weighted by Crippen LogP contribution is -2.39. The van der Waals surface area contributed by atoms with E-state index in [1.165, 1.54) is 18.3 Å². The highest BCUT2D eigenvalue weighted by Crippen LogP contribution is 2.37. The summed E-state index contributed by atoms with van der Waals surface area (Å²) >= 11 is 0. The van der Waals surface area contributed by atoms with Crippen molar-refractivity contribution in [2.45, 2.75) is 32.2 Å². The number of carbonyl (C=O) groups excluding carboxylic acids is 1. The summed E-state index contributed by atoms with van der Waals surface area (Å²) in [4.78, 5) is 34.8. The van der Waals surface area contributed by atoms with Gasteiger partial charge >= 0.3 is 0 Å². The van der Waals surface area contributed by atoms with Gasteiger partial charge in [0, 0.05) is 38.6 Å². The van der Waals surface area contributed by atoms with E-state index < -0.39 is 0 Å². The molecule has 0 bridgehead atoms. The molecule has 3 heterocycles. The molecule has 3 aromatic rings. The maximum Gasteiger partial charge on any atom is 0.274 e. The Bertz CT molecular complexity index is 1070. The number of aryl methyl sites for hydroxylation is 1. The van der Waals surface area contributed by atoms with Crippen LogP contribution in [0.2, 0.25) is 0 Å². The Morgan fingerprint density at radius 2 is 1.84 bits per heavy atom. The second-order valence-electron chi connectivity index (χ2n) is 7.92. The van der Waals surface area contributed by atoms with Crippen molar-refractivity contribution < 1.29 is 9.18 Å². The molecule has 1 fully saturated rings.